The minimum atomic E-state index is -0.397. The fourth-order valence-corrected chi connectivity index (χ4v) is 1.42. The lowest BCUT2D eigenvalue weighted by atomic mass is 9.83. The van der Waals surface area contributed by atoms with Crippen molar-refractivity contribution in [2.45, 2.75) is 53.1 Å². The number of esters is 1. The molecule has 0 aromatic carbocycles. The molecule has 2 atom stereocenters. The molecule has 0 saturated carbocycles. The van der Waals surface area contributed by atoms with E-state index in [1.54, 1.807) is 0 Å². The molecule has 1 heterocycles. The minimum absolute atomic E-state index is 0.101. The maximum absolute atomic E-state index is 12.0. The van der Waals surface area contributed by atoms with Crippen molar-refractivity contribution in [3.63, 3.8) is 0 Å². The van der Waals surface area contributed by atoms with E-state index >= 15 is 0 Å². The number of carbonyl (C=O) groups is 1. The van der Waals surface area contributed by atoms with Gasteiger partial charge in [-0.25, -0.2) is 0 Å². The van der Waals surface area contributed by atoms with Crippen molar-refractivity contribution in [3.05, 3.63) is 11.6 Å². The molecule has 17 heavy (non-hydrogen) atoms. The molecule has 0 aromatic heterocycles. The molecule has 1 saturated heterocycles. The maximum atomic E-state index is 12.0. The van der Waals surface area contributed by atoms with E-state index in [1.807, 2.05) is 13.8 Å². The summed E-state index contributed by atoms with van der Waals surface area (Å²) in [5.41, 5.74) is 0.925. The molecule has 0 radical (unpaired) electrons. The Hall–Kier alpha value is -0.830. The monoisotopic (exact) mass is 240 g/mol. The van der Waals surface area contributed by atoms with Gasteiger partial charge in [-0.05, 0) is 33.1 Å². The van der Waals surface area contributed by atoms with E-state index in [2.05, 4.69) is 19.9 Å². The molecule has 0 bridgehead atoms. The average Bonchev–Trinajstić information content (AvgIpc) is 3.16. The van der Waals surface area contributed by atoms with Crippen LogP contribution in [0.15, 0.2) is 11.6 Å². The highest BCUT2D eigenvalue weighted by atomic mass is 16.6. The second-order valence-electron chi connectivity index (χ2n) is 5.08. The highest BCUT2D eigenvalue weighted by Gasteiger charge is 2.34. The standard InChI is InChI=1S/C14H24O3/c1-5-11(3)7-8-14(4,6-2)13(15)17-10-12-9-16-12/h7,12H,5-6,8-10H2,1-4H3. The van der Waals surface area contributed by atoms with Crippen LogP contribution in [0.3, 0.4) is 0 Å². The SMILES string of the molecule is CCC(C)=CCC(C)(CC)C(=O)OCC1CO1. The summed E-state index contributed by atoms with van der Waals surface area (Å²) in [5.74, 6) is -0.101. The van der Waals surface area contributed by atoms with Crippen molar-refractivity contribution < 1.29 is 14.3 Å². The first-order valence-electron chi connectivity index (χ1n) is 6.46. The predicted molar refractivity (Wildman–Crippen MR) is 67.8 cm³/mol. The van der Waals surface area contributed by atoms with Crippen LogP contribution < -0.4 is 0 Å². The molecular formula is C14H24O3. The largest absolute Gasteiger partial charge is 0.462 e. The third kappa shape index (κ3) is 4.50. The number of allylic oxidation sites excluding steroid dienone is 2. The van der Waals surface area contributed by atoms with Crippen molar-refractivity contribution in [2.75, 3.05) is 13.2 Å². The first kappa shape index (κ1) is 14.2. The van der Waals surface area contributed by atoms with Gasteiger partial charge in [0, 0.05) is 0 Å². The summed E-state index contributed by atoms with van der Waals surface area (Å²) in [4.78, 5) is 12.0. The van der Waals surface area contributed by atoms with Crippen molar-refractivity contribution in [1.82, 2.24) is 0 Å². The Bertz CT molecular complexity index is 292. The van der Waals surface area contributed by atoms with E-state index < -0.39 is 5.41 Å². The second-order valence-corrected chi connectivity index (χ2v) is 5.08. The number of hydrogen-bond acceptors (Lipinski definition) is 3. The van der Waals surface area contributed by atoms with Crippen LogP contribution in [0.25, 0.3) is 0 Å². The first-order chi connectivity index (χ1) is 8.01. The van der Waals surface area contributed by atoms with Gasteiger partial charge in [-0.1, -0.05) is 25.5 Å². The van der Waals surface area contributed by atoms with Gasteiger partial charge in [-0.2, -0.15) is 0 Å². The lowest BCUT2D eigenvalue weighted by Crippen LogP contribution is -2.30. The number of hydrogen-bond donors (Lipinski definition) is 0. The molecule has 0 amide bonds. The van der Waals surface area contributed by atoms with Gasteiger partial charge in [-0.15, -0.1) is 0 Å². The first-order valence-corrected chi connectivity index (χ1v) is 6.46. The topological polar surface area (TPSA) is 38.8 Å². The van der Waals surface area contributed by atoms with Crippen LogP contribution >= 0.6 is 0 Å². The lowest BCUT2D eigenvalue weighted by Gasteiger charge is -2.24. The summed E-state index contributed by atoms with van der Waals surface area (Å²) in [5, 5.41) is 0. The molecule has 1 aliphatic rings. The number of epoxide rings is 1. The summed E-state index contributed by atoms with van der Waals surface area (Å²) >= 11 is 0. The van der Waals surface area contributed by atoms with Crippen molar-refractivity contribution in [2.24, 2.45) is 5.41 Å². The normalized spacial score (nSPS) is 23.1. The Morgan fingerprint density at radius 2 is 2.18 bits per heavy atom. The van der Waals surface area contributed by atoms with Gasteiger partial charge in [0.2, 0.25) is 0 Å². The third-order valence-corrected chi connectivity index (χ3v) is 3.53. The molecule has 1 rings (SSSR count). The van der Waals surface area contributed by atoms with E-state index in [4.69, 9.17) is 9.47 Å². The van der Waals surface area contributed by atoms with Crippen LogP contribution in [-0.4, -0.2) is 25.3 Å². The van der Waals surface area contributed by atoms with Gasteiger partial charge >= 0.3 is 5.97 Å². The van der Waals surface area contributed by atoms with Crippen LogP contribution in [0.2, 0.25) is 0 Å². The summed E-state index contributed by atoms with van der Waals surface area (Å²) in [7, 11) is 0. The molecular weight excluding hydrogens is 216 g/mol. The van der Waals surface area contributed by atoms with Crippen LogP contribution in [-0.2, 0) is 14.3 Å². The molecule has 1 aliphatic heterocycles. The van der Waals surface area contributed by atoms with Crippen molar-refractivity contribution in [3.8, 4) is 0 Å². The quantitative estimate of drug-likeness (QED) is 0.390. The van der Waals surface area contributed by atoms with Gasteiger partial charge in [-0.3, -0.25) is 4.79 Å². The fraction of sp³-hybridized carbons (Fsp3) is 0.786. The van der Waals surface area contributed by atoms with Crippen LogP contribution in [0.4, 0.5) is 0 Å². The van der Waals surface area contributed by atoms with Crippen LogP contribution in [0.1, 0.15) is 47.0 Å². The average molecular weight is 240 g/mol. The summed E-state index contributed by atoms with van der Waals surface area (Å²) in [6.45, 7) is 9.36. The smallest absolute Gasteiger partial charge is 0.312 e. The molecule has 3 nitrogen and oxygen atoms in total. The Kier molecular flexibility index (Phi) is 5.19. The lowest BCUT2D eigenvalue weighted by molar-refractivity contribution is -0.155. The molecule has 3 heteroatoms. The molecule has 0 spiro atoms. The van der Waals surface area contributed by atoms with E-state index in [0.29, 0.717) is 6.61 Å². The zero-order chi connectivity index (χ0) is 12.9. The number of rotatable bonds is 7. The summed E-state index contributed by atoms with van der Waals surface area (Å²) < 4.78 is 10.3. The van der Waals surface area contributed by atoms with E-state index in [1.165, 1.54) is 5.57 Å². The van der Waals surface area contributed by atoms with Crippen LogP contribution in [0, 0.1) is 5.41 Å². The minimum Gasteiger partial charge on any atom is -0.462 e. The van der Waals surface area contributed by atoms with E-state index in [-0.39, 0.29) is 12.1 Å². The van der Waals surface area contributed by atoms with Crippen LogP contribution in [0.5, 0.6) is 0 Å². The highest BCUT2D eigenvalue weighted by molar-refractivity contribution is 5.76. The number of carbonyl (C=O) groups excluding carboxylic acids is 1. The predicted octanol–water partition coefficient (Wildman–Crippen LogP) is 3.09. The van der Waals surface area contributed by atoms with Gasteiger partial charge in [0.15, 0.2) is 0 Å². The maximum Gasteiger partial charge on any atom is 0.312 e. The number of ether oxygens (including phenoxy) is 2. The van der Waals surface area contributed by atoms with E-state index in [9.17, 15) is 4.79 Å². The molecule has 1 fully saturated rings. The third-order valence-electron chi connectivity index (χ3n) is 3.53. The van der Waals surface area contributed by atoms with Crippen molar-refractivity contribution >= 4 is 5.97 Å². The van der Waals surface area contributed by atoms with Crippen molar-refractivity contribution in [1.29, 1.82) is 0 Å². The fourth-order valence-electron chi connectivity index (χ4n) is 1.42. The zero-order valence-electron chi connectivity index (χ0n) is 11.4. The highest BCUT2D eigenvalue weighted by Crippen LogP contribution is 2.29. The Morgan fingerprint density at radius 3 is 2.65 bits per heavy atom. The van der Waals surface area contributed by atoms with Gasteiger partial charge in [0.05, 0.1) is 12.0 Å². The van der Waals surface area contributed by atoms with Gasteiger partial charge < -0.3 is 9.47 Å². The molecule has 0 N–H and O–H groups in total. The summed E-state index contributed by atoms with van der Waals surface area (Å²) in [6.07, 6.45) is 4.88. The zero-order valence-corrected chi connectivity index (χ0v) is 11.4. The Balaban J connectivity index is 2.49. The molecule has 0 aromatic rings. The second kappa shape index (κ2) is 6.20. The molecule has 2 unspecified atom stereocenters. The van der Waals surface area contributed by atoms with Gasteiger partial charge in [0.25, 0.3) is 0 Å². The Morgan fingerprint density at radius 1 is 1.53 bits per heavy atom. The molecule has 98 valence electrons. The summed E-state index contributed by atoms with van der Waals surface area (Å²) in [6, 6.07) is 0. The van der Waals surface area contributed by atoms with Gasteiger partial charge in [0.1, 0.15) is 12.7 Å². The molecule has 0 aliphatic carbocycles. The van der Waals surface area contributed by atoms with E-state index in [0.717, 1.165) is 25.9 Å². The Labute approximate surface area is 104 Å².